The molecule has 0 radical (unpaired) electrons. The van der Waals surface area contributed by atoms with E-state index < -0.39 is 15.4 Å². The minimum Gasteiger partial charge on any atom is -0.285 e. The van der Waals surface area contributed by atoms with Gasteiger partial charge in [0.25, 0.3) is 10.1 Å². The molecule has 0 amide bonds. The van der Waals surface area contributed by atoms with Crippen LogP contribution in [-0.2, 0) is 10.1 Å². The second-order valence-corrected chi connectivity index (χ2v) is 9.47. The summed E-state index contributed by atoms with van der Waals surface area (Å²) in [5.74, 6) is 1.62. The fraction of sp³-hybridized carbons (Fsp3) is 0.667. The van der Waals surface area contributed by atoms with Gasteiger partial charge in [-0.3, -0.25) is 4.55 Å². The molecule has 5 atom stereocenters. The van der Waals surface area contributed by atoms with E-state index in [-0.39, 0.29) is 5.41 Å². The molecule has 2 fully saturated rings. The van der Waals surface area contributed by atoms with Crippen molar-refractivity contribution >= 4 is 10.1 Å². The highest BCUT2D eigenvalue weighted by Gasteiger charge is 2.47. The Kier molecular flexibility index (Phi) is 3.22. The smallest absolute Gasteiger partial charge is 0.267 e. The fourth-order valence-corrected chi connectivity index (χ4v) is 6.32. The van der Waals surface area contributed by atoms with Crippen molar-refractivity contribution in [2.45, 2.75) is 50.7 Å². The van der Waals surface area contributed by atoms with Crippen molar-refractivity contribution in [3.8, 4) is 0 Å². The van der Waals surface area contributed by atoms with Gasteiger partial charge < -0.3 is 0 Å². The van der Waals surface area contributed by atoms with Gasteiger partial charge in [-0.1, -0.05) is 31.2 Å². The van der Waals surface area contributed by atoms with Crippen LogP contribution in [0.2, 0.25) is 0 Å². The quantitative estimate of drug-likeness (QED) is 0.745. The van der Waals surface area contributed by atoms with Gasteiger partial charge in [0.15, 0.2) is 0 Å². The summed E-state index contributed by atoms with van der Waals surface area (Å²) in [6, 6.07) is 0. The van der Waals surface area contributed by atoms with Gasteiger partial charge in [0.2, 0.25) is 0 Å². The molecule has 0 spiro atoms. The number of allylic oxidation sites excluding steroid dienone is 6. The second kappa shape index (κ2) is 4.81. The minimum absolute atomic E-state index is 0.223. The molecule has 3 nitrogen and oxygen atoms in total. The molecule has 0 aromatic rings. The summed E-state index contributed by atoms with van der Waals surface area (Å²) in [6.07, 6.45) is 14.8. The molecule has 2 saturated carbocycles. The molecule has 0 saturated heterocycles. The van der Waals surface area contributed by atoms with E-state index >= 15 is 0 Å². The molecular weight excluding hydrogens is 296 g/mol. The van der Waals surface area contributed by atoms with Crippen molar-refractivity contribution < 1.29 is 13.0 Å². The largest absolute Gasteiger partial charge is 0.285 e. The molecule has 0 bridgehead atoms. The molecule has 4 heteroatoms. The van der Waals surface area contributed by atoms with Crippen molar-refractivity contribution in [2.75, 3.05) is 0 Å². The Morgan fingerprint density at radius 3 is 2.86 bits per heavy atom. The highest BCUT2D eigenvalue weighted by Crippen LogP contribution is 2.57. The van der Waals surface area contributed by atoms with Gasteiger partial charge in [0.1, 0.15) is 0 Å². The monoisotopic (exact) mass is 320 g/mol. The van der Waals surface area contributed by atoms with Crippen LogP contribution in [0.15, 0.2) is 35.5 Å². The molecular formula is C18H24O3S. The standard InChI is InChI=1S/C18H24O3S/c1-18-9-2-3-17(18)16-6-4-12-11-13(22(19,20)21)5-7-14(12)15(16)8-10-18/h2-3,6,9,12-15H,4-5,7-8,10-11H2,1H3,(H,19,20,21)/t12?,13?,14-,15+,18-/m0/s1. The molecule has 2 unspecified atom stereocenters. The predicted octanol–water partition coefficient (Wildman–Crippen LogP) is 3.90. The lowest BCUT2D eigenvalue weighted by molar-refractivity contribution is 0.143. The maximum atomic E-state index is 11.5. The Morgan fingerprint density at radius 2 is 2.09 bits per heavy atom. The predicted molar refractivity (Wildman–Crippen MR) is 86.9 cm³/mol. The van der Waals surface area contributed by atoms with Crippen molar-refractivity contribution in [3.63, 3.8) is 0 Å². The molecule has 0 aliphatic heterocycles. The van der Waals surface area contributed by atoms with Gasteiger partial charge >= 0.3 is 0 Å². The van der Waals surface area contributed by atoms with Gasteiger partial charge in [-0.2, -0.15) is 8.42 Å². The third-order valence-corrected chi connectivity index (χ3v) is 7.87. The van der Waals surface area contributed by atoms with Crippen LogP contribution in [0.3, 0.4) is 0 Å². The Morgan fingerprint density at radius 1 is 1.27 bits per heavy atom. The van der Waals surface area contributed by atoms with E-state index in [0.717, 1.165) is 12.8 Å². The van der Waals surface area contributed by atoms with E-state index in [1.54, 1.807) is 0 Å². The van der Waals surface area contributed by atoms with Crippen LogP contribution in [0, 0.1) is 23.2 Å². The number of fused-ring (bicyclic) bond motifs is 5. The summed E-state index contributed by atoms with van der Waals surface area (Å²) in [5, 5.41) is -0.537. The number of hydrogen-bond donors (Lipinski definition) is 1. The summed E-state index contributed by atoms with van der Waals surface area (Å²) in [6.45, 7) is 2.33. The van der Waals surface area contributed by atoms with Crippen molar-refractivity contribution in [1.82, 2.24) is 0 Å². The summed E-state index contributed by atoms with van der Waals surface area (Å²) in [4.78, 5) is 0. The minimum atomic E-state index is -3.87. The number of rotatable bonds is 1. The van der Waals surface area contributed by atoms with Gasteiger partial charge in [-0.25, -0.2) is 0 Å². The third-order valence-electron chi connectivity index (χ3n) is 6.60. The molecule has 120 valence electrons. The van der Waals surface area contributed by atoms with Crippen LogP contribution in [0.25, 0.3) is 0 Å². The lowest BCUT2D eigenvalue weighted by atomic mass is 9.57. The highest BCUT2D eigenvalue weighted by atomic mass is 32.2. The second-order valence-electron chi connectivity index (χ2n) is 7.77. The van der Waals surface area contributed by atoms with E-state index in [9.17, 15) is 13.0 Å². The van der Waals surface area contributed by atoms with Crippen LogP contribution < -0.4 is 0 Å². The van der Waals surface area contributed by atoms with Crippen LogP contribution >= 0.6 is 0 Å². The average Bonchev–Trinajstić information content (AvgIpc) is 2.87. The van der Waals surface area contributed by atoms with Gasteiger partial charge in [0, 0.05) is 5.41 Å². The highest BCUT2D eigenvalue weighted by molar-refractivity contribution is 7.86. The van der Waals surface area contributed by atoms with E-state index in [0.29, 0.717) is 30.6 Å². The fourth-order valence-electron chi connectivity index (χ4n) is 5.39. The Hall–Kier alpha value is -0.870. The molecule has 22 heavy (non-hydrogen) atoms. The lowest BCUT2D eigenvalue weighted by Crippen LogP contribution is -2.41. The van der Waals surface area contributed by atoms with E-state index in [4.69, 9.17) is 0 Å². The van der Waals surface area contributed by atoms with Gasteiger partial charge in [0.05, 0.1) is 5.25 Å². The normalized spacial score (nSPS) is 43.7. The van der Waals surface area contributed by atoms with Gasteiger partial charge in [-0.05, 0) is 67.4 Å². The van der Waals surface area contributed by atoms with Crippen molar-refractivity contribution in [2.24, 2.45) is 23.2 Å². The topological polar surface area (TPSA) is 54.4 Å². The SMILES string of the molecule is C[C@@]12C=CC=C1C1=CCC3CC(S(=O)(=O)O)CC[C@@H]3[C@H]1CC2. The van der Waals surface area contributed by atoms with Crippen LogP contribution in [0.1, 0.15) is 45.4 Å². The number of hydrogen-bond acceptors (Lipinski definition) is 2. The van der Waals surface area contributed by atoms with E-state index in [2.05, 4.69) is 31.2 Å². The maximum Gasteiger partial charge on any atom is 0.267 e. The van der Waals surface area contributed by atoms with Crippen LogP contribution in [0.5, 0.6) is 0 Å². The molecule has 4 rings (SSSR count). The maximum absolute atomic E-state index is 11.5. The first-order valence-electron chi connectivity index (χ1n) is 8.45. The Labute approximate surface area is 132 Å². The van der Waals surface area contributed by atoms with Crippen molar-refractivity contribution in [3.05, 3.63) is 35.5 Å². The van der Waals surface area contributed by atoms with Crippen LogP contribution in [-0.4, -0.2) is 18.2 Å². The average molecular weight is 320 g/mol. The van der Waals surface area contributed by atoms with Gasteiger partial charge in [-0.15, -0.1) is 0 Å². The molecule has 4 aliphatic rings. The molecule has 0 aromatic carbocycles. The first-order valence-corrected chi connectivity index (χ1v) is 9.95. The summed E-state index contributed by atoms with van der Waals surface area (Å²) in [5.41, 5.74) is 3.25. The zero-order chi connectivity index (χ0) is 15.5. The Bertz CT molecular complexity index is 685. The lowest BCUT2D eigenvalue weighted by Gasteiger charge is -2.48. The summed E-state index contributed by atoms with van der Waals surface area (Å²) < 4.78 is 32.3. The van der Waals surface area contributed by atoms with Crippen molar-refractivity contribution in [1.29, 1.82) is 0 Å². The molecule has 0 heterocycles. The zero-order valence-electron chi connectivity index (χ0n) is 13.0. The molecule has 4 aliphatic carbocycles. The molecule has 0 aromatic heterocycles. The van der Waals surface area contributed by atoms with E-state index in [1.807, 2.05) is 0 Å². The zero-order valence-corrected chi connectivity index (χ0v) is 13.8. The van der Waals surface area contributed by atoms with E-state index in [1.165, 1.54) is 24.0 Å². The Balaban J connectivity index is 1.61. The summed E-state index contributed by atoms with van der Waals surface area (Å²) in [7, 11) is -3.87. The molecule has 1 N–H and O–H groups in total. The first-order chi connectivity index (χ1) is 10.4. The first kappa shape index (κ1) is 14.7. The van der Waals surface area contributed by atoms with Crippen LogP contribution in [0.4, 0.5) is 0 Å². The third kappa shape index (κ3) is 2.15. The summed E-state index contributed by atoms with van der Waals surface area (Å²) >= 11 is 0.